The fourth-order valence-electron chi connectivity index (χ4n) is 2.19. The number of nitrogens with zero attached hydrogens (tertiary/aromatic N) is 4. The lowest BCUT2D eigenvalue weighted by molar-refractivity contribution is 0.759. The van der Waals surface area contributed by atoms with Crippen molar-refractivity contribution in [1.82, 2.24) is 25.2 Å². The molecule has 2 N–H and O–H groups in total. The second kappa shape index (κ2) is 7.43. The van der Waals surface area contributed by atoms with E-state index in [1.165, 1.54) is 4.88 Å². The molecule has 0 amide bonds. The number of thiophene rings is 1. The van der Waals surface area contributed by atoms with Gasteiger partial charge < -0.3 is 10.6 Å². The topological polar surface area (TPSA) is 66.6 Å². The first-order valence-corrected chi connectivity index (χ1v) is 8.43. The highest BCUT2D eigenvalue weighted by molar-refractivity contribution is 7.16. The van der Waals surface area contributed by atoms with Gasteiger partial charge in [-0.05, 0) is 30.7 Å². The molecule has 8 heteroatoms. The van der Waals surface area contributed by atoms with Gasteiger partial charge in [0.2, 0.25) is 0 Å². The van der Waals surface area contributed by atoms with E-state index in [1.54, 1.807) is 18.4 Å². The Hall–Kier alpha value is -2.12. The zero-order valence-corrected chi connectivity index (χ0v) is 14.2. The molecule has 0 aliphatic rings. The molecular weight excluding hydrogens is 332 g/mol. The first-order valence-electron chi connectivity index (χ1n) is 7.23. The summed E-state index contributed by atoms with van der Waals surface area (Å²) in [5.41, 5.74) is 0.835. The lowest BCUT2D eigenvalue weighted by Crippen LogP contribution is -2.38. The largest absolute Gasteiger partial charge is 0.356 e. The maximum Gasteiger partial charge on any atom is 0.191 e. The molecule has 0 bridgehead atoms. The molecule has 3 aromatic heterocycles. The van der Waals surface area contributed by atoms with E-state index in [9.17, 15) is 0 Å². The van der Waals surface area contributed by atoms with Crippen molar-refractivity contribution in [2.24, 2.45) is 4.99 Å². The average Bonchev–Trinajstić information content (AvgIpc) is 3.17. The van der Waals surface area contributed by atoms with Gasteiger partial charge in [-0.15, -0.1) is 21.5 Å². The smallest absolute Gasteiger partial charge is 0.191 e. The Labute approximate surface area is 143 Å². The summed E-state index contributed by atoms with van der Waals surface area (Å²) in [6, 6.07) is 9.80. The maximum absolute atomic E-state index is 5.93. The average molecular weight is 349 g/mol. The van der Waals surface area contributed by atoms with Crippen LogP contribution in [0.4, 0.5) is 0 Å². The summed E-state index contributed by atoms with van der Waals surface area (Å²) < 4.78 is 2.77. The van der Waals surface area contributed by atoms with Gasteiger partial charge in [0, 0.05) is 24.7 Å². The fourth-order valence-corrected chi connectivity index (χ4v) is 3.27. The van der Waals surface area contributed by atoms with Gasteiger partial charge in [0.1, 0.15) is 0 Å². The molecule has 3 rings (SSSR count). The molecule has 6 nitrogen and oxygen atoms in total. The van der Waals surface area contributed by atoms with Crippen LogP contribution in [0.25, 0.3) is 5.65 Å². The highest BCUT2D eigenvalue weighted by atomic mass is 35.5. The number of pyridine rings is 1. The number of nitrogens with one attached hydrogen (secondary N) is 2. The quantitative estimate of drug-likeness (QED) is 0.548. The lowest BCUT2D eigenvalue weighted by Gasteiger charge is -2.10. The molecule has 23 heavy (non-hydrogen) atoms. The summed E-state index contributed by atoms with van der Waals surface area (Å²) in [5.74, 6) is 1.58. The fraction of sp³-hybridized carbons (Fsp3) is 0.267. The highest BCUT2D eigenvalue weighted by Crippen LogP contribution is 2.21. The second-order valence-corrected chi connectivity index (χ2v) is 6.65. The third-order valence-corrected chi connectivity index (χ3v) is 4.61. The molecule has 0 aliphatic carbocycles. The van der Waals surface area contributed by atoms with Crippen LogP contribution in [0.15, 0.2) is 41.5 Å². The number of aromatic nitrogens is 3. The first-order chi connectivity index (χ1) is 11.3. The molecule has 0 atom stereocenters. The summed E-state index contributed by atoms with van der Waals surface area (Å²) >= 11 is 7.53. The Morgan fingerprint density at radius 1 is 1.26 bits per heavy atom. The van der Waals surface area contributed by atoms with Crippen molar-refractivity contribution in [3.63, 3.8) is 0 Å². The normalized spacial score (nSPS) is 11.8. The molecule has 0 aromatic carbocycles. The van der Waals surface area contributed by atoms with Crippen molar-refractivity contribution in [2.45, 2.75) is 13.0 Å². The Morgan fingerprint density at radius 2 is 2.17 bits per heavy atom. The van der Waals surface area contributed by atoms with Crippen LogP contribution in [0.1, 0.15) is 10.7 Å². The predicted molar refractivity (Wildman–Crippen MR) is 94.2 cm³/mol. The molecule has 3 aromatic rings. The van der Waals surface area contributed by atoms with E-state index in [2.05, 4.69) is 25.8 Å². The van der Waals surface area contributed by atoms with E-state index >= 15 is 0 Å². The van der Waals surface area contributed by atoms with Crippen LogP contribution < -0.4 is 10.6 Å². The Balaban J connectivity index is 1.51. The molecule has 0 saturated carbocycles. The molecule has 0 radical (unpaired) electrons. The summed E-state index contributed by atoms with van der Waals surface area (Å²) in [6.07, 6.45) is 2.86. The SMILES string of the molecule is CN=C(NCCc1ccc(Cl)s1)NCc1nnc2ccccn12. The zero-order chi connectivity index (χ0) is 16.1. The van der Waals surface area contributed by atoms with Gasteiger partial charge in [0.25, 0.3) is 0 Å². The van der Waals surface area contributed by atoms with Crippen molar-refractivity contribution in [3.05, 3.63) is 51.6 Å². The highest BCUT2D eigenvalue weighted by Gasteiger charge is 2.05. The van der Waals surface area contributed by atoms with Crippen molar-refractivity contribution in [2.75, 3.05) is 13.6 Å². The molecule has 120 valence electrons. The molecule has 0 fully saturated rings. The maximum atomic E-state index is 5.93. The number of rotatable bonds is 5. The van der Waals surface area contributed by atoms with Crippen LogP contribution in [-0.4, -0.2) is 34.2 Å². The third-order valence-electron chi connectivity index (χ3n) is 3.31. The van der Waals surface area contributed by atoms with Crippen LogP contribution in [-0.2, 0) is 13.0 Å². The summed E-state index contributed by atoms with van der Waals surface area (Å²) in [6.45, 7) is 1.34. The number of aliphatic imine (C=N–C) groups is 1. The first kappa shape index (κ1) is 15.8. The Kier molecular flexibility index (Phi) is 5.09. The standard InChI is InChI=1S/C15H17ClN6S/c1-17-15(18-8-7-11-5-6-12(16)23-11)19-10-14-21-20-13-4-2-3-9-22(13)14/h2-6,9H,7-8,10H2,1H3,(H2,17,18,19). The van der Waals surface area contributed by atoms with Gasteiger partial charge in [-0.2, -0.15) is 0 Å². The van der Waals surface area contributed by atoms with Crippen LogP contribution in [0.3, 0.4) is 0 Å². The van der Waals surface area contributed by atoms with Crippen molar-refractivity contribution in [1.29, 1.82) is 0 Å². The van der Waals surface area contributed by atoms with E-state index < -0.39 is 0 Å². The number of hydrogen-bond acceptors (Lipinski definition) is 4. The van der Waals surface area contributed by atoms with Gasteiger partial charge in [-0.3, -0.25) is 9.39 Å². The lowest BCUT2D eigenvalue weighted by atomic mass is 10.3. The van der Waals surface area contributed by atoms with Gasteiger partial charge in [0.05, 0.1) is 10.9 Å². The monoisotopic (exact) mass is 348 g/mol. The van der Waals surface area contributed by atoms with Crippen molar-refractivity contribution >= 4 is 34.5 Å². The van der Waals surface area contributed by atoms with E-state index in [0.29, 0.717) is 6.54 Å². The van der Waals surface area contributed by atoms with E-state index in [-0.39, 0.29) is 0 Å². The van der Waals surface area contributed by atoms with Gasteiger partial charge in [0.15, 0.2) is 17.4 Å². The summed E-state index contributed by atoms with van der Waals surface area (Å²) in [7, 11) is 1.75. The Morgan fingerprint density at radius 3 is 2.96 bits per heavy atom. The van der Waals surface area contributed by atoms with Crippen molar-refractivity contribution in [3.8, 4) is 0 Å². The predicted octanol–water partition coefficient (Wildman–Crippen LogP) is 2.35. The minimum atomic E-state index is 0.551. The molecule has 0 unspecified atom stereocenters. The number of hydrogen-bond donors (Lipinski definition) is 2. The summed E-state index contributed by atoms with van der Waals surface area (Å²) in [5, 5.41) is 14.8. The van der Waals surface area contributed by atoms with Gasteiger partial charge in [-0.25, -0.2) is 0 Å². The van der Waals surface area contributed by atoms with Crippen molar-refractivity contribution < 1.29 is 0 Å². The van der Waals surface area contributed by atoms with Crippen LogP contribution in [0.2, 0.25) is 4.34 Å². The van der Waals surface area contributed by atoms with Crippen LogP contribution in [0.5, 0.6) is 0 Å². The summed E-state index contributed by atoms with van der Waals surface area (Å²) in [4.78, 5) is 5.47. The van der Waals surface area contributed by atoms with E-state index in [1.807, 2.05) is 40.9 Å². The molecule has 0 spiro atoms. The second-order valence-electron chi connectivity index (χ2n) is 4.85. The number of fused-ring (bicyclic) bond motifs is 1. The van der Waals surface area contributed by atoms with Gasteiger partial charge >= 0.3 is 0 Å². The number of guanidine groups is 1. The third kappa shape index (κ3) is 4.00. The minimum Gasteiger partial charge on any atom is -0.356 e. The zero-order valence-electron chi connectivity index (χ0n) is 12.7. The molecular formula is C15H17ClN6S. The molecule has 0 aliphatic heterocycles. The minimum absolute atomic E-state index is 0.551. The van der Waals surface area contributed by atoms with Gasteiger partial charge in [-0.1, -0.05) is 17.7 Å². The molecule has 0 saturated heterocycles. The molecule has 3 heterocycles. The number of halogens is 1. The van der Waals surface area contributed by atoms with E-state index in [0.717, 1.165) is 34.7 Å². The van der Waals surface area contributed by atoms with Crippen LogP contribution in [0, 0.1) is 0 Å². The van der Waals surface area contributed by atoms with Crippen LogP contribution >= 0.6 is 22.9 Å². The Bertz CT molecular complexity index is 809. The van der Waals surface area contributed by atoms with E-state index in [4.69, 9.17) is 11.6 Å².